The molecule has 6 nitrogen and oxygen atoms in total. The number of nitrogens with zero attached hydrogens (tertiary/aromatic N) is 1. The SMILES string of the molecule is COc1ccc(Cl)cc1S(=O)(=O)N1CCC2(CCCNC2=O)C1. The van der Waals surface area contributed by atoms with E-state index < -0.39 is 15.4 Å². The first kappa shape index (κ1) is 16.5. The molecule has 1 unspecified atom stereocenters. The quantitative estimate of drug-likeness (QED) is 0.891. The van der Waals surface area contributed by atoms with E-state index in [2.05, 4.69) is 5.32 Å². The fraction of sp³-hybridized carbons (Fsp3) is 0.533. The van der Waals surface area contributed by atoms with Crippen molar-refractivity contribution in [3.63, 3.8) is 0 Å². The van der Waals surface area contributed by atoms with Gasteiger partial charge in [0.2, 0.25) is 15.9 Å². The Hall–Kier alpha value is -1.31. The zero-order chi connectivity index (χ0) is 16.7. The third-order valence-corrected chi connectivity index (χ3v) is 6.76. The zero-order valence-electron chi connectivity index (χ0n) is 12.8. The Morgan fingerprint density at radius 2 is 2.13 bits per heavy atom. The van der Waals surface area contributed by atoms with Crippen LogP contribution in [0.1, 0.15) is 19.3 Å². The van der Waals surface area contributed by atoms with E-state index in [1.54, 1.807) is 6.07 Å². The second-order valence-corrected chi connectivity index (χ2v) is 8.37. The molecule has 0 radical (unpaired) electrons. The van der Waals surface area contributed by atoms with Crippen molar-refractivity contribution in [1.82, 2.24) is 9.62 Å². The third-order valence-electron chi connectivity index (χ3n) is 4.66. The van der Waals surface area contributed by atoms with E-state index >= 15 is 0 Å². The van der Waals surface area contributed by atoms with Gasteiger partial charge >= 0.3 is 0 Å². The van der Waals surface area contributed by atoms with E-state index in [-0.39, 0.29) is 23.1 Å². The number of methoxy groups -OCH3 is 1. The van der Waals surface area contributed by atoms with Crippen molar-refractivity contribution in [2.45, 2.75) is 24.2 Å². The Kier molecular flexibility index (Phi) is 4.29. The molecule has 2 saturated heterocycles. The largest absolute Gasteiger partial charge is 0.495 e. The highest BCUT2D eigenvalue weighted by Gasteiger charge is 2.49. The molecular weight excluding hydrogens is 340 g/mol. The number of amides is 1. The molecule has 2 heterocycles. The molecule has 3 rings (SSSR count). The molecule has 1 aromatic rings. The van der Waals surface area contributed by atoms with Gasteiger partial charge in [0.05, 0.1) is 12.5 Å². The number of sulfonamides is 1. The average molecular weight is 359 g/mol. The molecule has 1 spiro atoms. The summed E-state index contributed by atoms with van der Waals surface area (Å²) in [6, 6.07) is 4.51. The number of rotatable bonds is 3. The number of carbonyl (C=O) groups excluding carboxylic acids is 1. The van der Waals surface area contributed by atoms with E-state index in [1.807, 2.05) is 0 Å². The standard InChI is InChI=1S/C15H19ClN2O4S/c1-22-12-4-3-11(16)9-13(12)23(20,21)18-8-6-15(10-18)5-2-7-17-14(15)19/h3-4,9H,2,5-8,10H2,1H3,(H,17,19). The van der Waals surface area contributed by atoms with Crippen LogP contribution in [0.25, 0.3) is 0 Å². The van der Waals surface area contributed by atoms with Crippen LogP contribution in [0.3, 0.4) is 0 Å². The van der Waals surface area contributed by atoms with Gasteiger partial charge in [0.15, 0.2) is 0 Å². The van der Waals surface area contributed by atoms with E-state index in [1.165, 1.54) is 23.5 Å². The fourth-order valence-corrected chi connectivity index (χ4v) is 5.30. The summed E-state index contributed by atoms with van der Waals surface area (Å²) in [5.41, 5.74) is -0.600. The molecule has 1 aromatic carbocycles. The van der Waals surface area contributed by atoms with Gasteiger partial charge in [0.25, 0.3) is 0 Å². The maximum absolute atomic E-state index is 13.0. The molecule has 2 aliphatic rings. The first-order valence-corrected chi connectivity index (χ1v) is 9.33. The van der Waals surface area contributed by atoms with Gasteiger partial charge in [-0.05, 0) is 37.5 Å². The van der Waals surface area contributed by atoms with Crippen LogP contribution in [0.15, 0.2) is 23.1 Å². The molecule has 2 fully saturated rings. The van der Waals surface area contributed by atoms with Crippen LogP contribution in [0.4, 0.5) is 0 Å². The third kappa shape index (κ3) is 2.81. The first-order chi connectivity index (χ1) is 10.9. The Balaban J connectivity index is 1.93. The van der Waals surface area contributed by atoms with Gasteiger partial charge < -0.3 is 10.1 Å². The van der Waals surface area contributed by atoms with Crippen LogP contribution >= 0.6 is 11.6 Å². The lowest BCUT2D eigenvalue weighted by Gasteiger charge is -2.32. The highest BCUT2D eigenvalue weighted by molar-refractivity contribution is 7.89. The average Bonchev–Trinajstić information content (AvgIpc) is 2.96. The van der Waals surface area contributed by atoms with Gasteiger partial charge in [0, 0.05) is 24.7 Å². The van der Waals surface area contributed by atoms with Crippen LogP contribution in [-0.2, 0) is 14.8 Å². The molecule has 126 valence electrons. The number of carbonyl (C=O) groups is 1. The maximum atomic E-state index is 13.0. The number of piperidine rings is 1. The summed E-state index contributed by atoms with van der Waals surface area (Å²) in [5, 5.41) is 3.18. The van der Waals surface area contributed by atoms with Crippen molar-refractivity contribution < 1.29 is 17.9 Å². The van der Waals surface area contributed by atoms with Gasteiger partial charge in [0.1, 0.15) is 10.6 Å². The number of nitrogens with one attached hydrogen (secondary N) is 1. The normalized spacial score (nSPS) is 25.6. The summed E-state index contributed by atoms with van der Waals surface area (Å²) in [5.74, 6) is 0.211. The van der Waals surface area contributed by atoms with Gasteiger partial charge in [-0.2, -0.15) is 4.31 Å². The summed E-state index contributed by atoms with van der Waals surface area (Å²) in [7, 11) is -2.34. The lowest BCUT2D eigenvalue weighted by molar-refractivity contribution is -0.132. The minimum absolute atomic E-state index is 0.0421. The first-order valence-electron chi connectivity index (χ1n) is 7.51. The molecule has 0 aromatic heterocycles. The molecule has 1 N–H and O–H groups in total. The van der Waals surface area contributed by atoms with Crippen LogP contribution in [0, 0.1) is 5.41 Å². The highest BCUT2D eigenvalue weighted by atomic mass is 35.5. The number of hydrogen-bond donors (Lipinski definition) is 1. The summed E-state index contributed by atoms with van der Waals surface area (Å²) >= 11 is 5.95. The van der Waals surface area contributed by atoms with Gasteiger partial charge in [-0.25, -0.2) is 8.42 Å². The highest BCUT2D eigenvalue weighted by Crippen LogP contribution is 2.41. The summed E-state index contributed by atoms with van der Waals surface area (Å²) in [4.78, 5) is 12.3. The van der Waals surface area contributed by atoms with Crippen molar-refractivity contribution in [2.24, 2.45) is 5.41 Å². The monoisotopic (exact) mass is 358 g/mol. The molecule has 0 saturated carbocycles. The predicted octanol–water partition coefficient (Wildman–Crippen LogP) is 1.64. The summed E-state index contributed by atoms with van der Waals surface area (Å²) in [6.07, 6.45) is 2.14. The minimum atomic E-state index is -3.76. The number of halogens is 1. The zero-order valence-corrected chi connectivity index (χ0v) is 14.4. The van der Waals surface area contributed by atoms with Crippen LogP contribution < -0.4 is 10.1 Å². The minimum Gasteiger partial charge on any atom is -0.495 e. The predicted molar refractivity (Wildman–Crippen MR) is 86.1 cm³/mol. The Morgan fingerprint density at radius 1 is 1.35 bits per heavy atom. The topological polar surface area (TPSA) is 75.7 Å². The number of benzene rings is 1. The molecule has 1 atom stereocenters. The molecule has 23 heavy (non-hydrogen) atoms. The molecule has 0 aliphatic carbocycles. The molecule has 2 aliphatic heterocycles. The molecular formula is C15H19ClN2O4S. The molecule has 1 amide bonds. The van der Waals surface area contributed by atoms with Gasteiger partial charge in [-0.15, -0.1) is 0 Å². The molecule has 8 heteroatoms. The van der Waals surface area contributed by atoms with Crippen molar-refractivity contribution >= 4 is 27.5 Å². The van der Waals surface area contributed by atoms with Crippen LogP contribution in [0.2, 0.25) is 5.02 Å². The van der Waals surface area contributed by atoms with Crippen LogP contribution in [-0.4, -0.2) is 45.4 Å². The van der Waals surface area contributed by atoms with Gasteiger partial charge in [-0.3, -0.25) is 4.79 Å². The van der Waals surface area contributed by atoms with Crippen molar-refractivity contribution in [3.05, 3.63) is 23.2 Å². The van der Waals surface area contributed by atoms with E-state index in [9.17, 15) is 13.2 Å². The van der Waals surface area contributed by atoms with E-state index in [0.29, 0.717) is 24.5 Å². The Bertz CT molecular complexity index is 737. The summed E-state index contributed by atoms with van der Waals surface area (Å²) in [6.45, 7) is 1.19. The van der Waals surface area contributed by atoms with Gasteiger partial charge in [-0.1, -0.05) is 11.6 Å². The second kappa shape index (κ2) is 5.96. The second-order valence-electron chi connectivity index (χ2n) is 6.02. The van der Waals surface area contributed by atoms with E-state index in [0.717, 1.165) is 12.8 Å². The smallest absolute Gasteiger partial charge is 0.246 e. The summed E-state index contributed by atoms with van der Waals surface area (Å²) < 4.78 is 32.4. The molecule has 0 bridgehead atoms. The number of ether oxygens (including phenoxy) is 1. The van der Waals surface area contributed by atoms with Crippen molar-refractivity contribution in [1.29, 1.82) is 0 Å². The van der Waals surface area contributed by atoms with E-state index in [4.69, 9.17) is 16.3 Å². The van der Waals surface area contributed by atoms with Crippen LogP contribution in [0.5, 0.6) is 5.75 Å². The lowest BCUT2D eigenvalue weighted by atomic mass is 9.79. The Morgan fingerprint density at radius 3 is 2.83 bits per heavy atom. The van der Waals surface area contributed by atoms with Crippen molar-refractivity contribution in [3.8, 4) is 5.75 Å². The fourth-order valence-electron chi connectivity index (χ4n) is 3.35. The number of hydrogen-bond acceptors (Lipinski definition) is 4. The lowest BCUT2D eigenvalue weighted by Crippen LogP contribution is -2.47. The maximum Gasteiger partial charge on any atom is 0.246 e. The Labute approximate surface area is 140 Å². The van der Waals surface area contributed by atoms with Crippen molar-refractivity contribution in [2.75, 3.05) is 26.7 Å².